The molecule has 0 saturated heterocycles. The lowest BCUT2D eigenvalue weighted by Crippen LogP contribution is -2.43. The van der Waals surface area contributed by atoms with Crippen molar-refractivity contribution >= 4 is 43.5 Å². The van der Waals surface area contributed by atoms with Gasteiger partial charge in [-0.05, 0) is 103 Å². The highest BCUT2D eigenvalue weighted by molar-refractivity contribution is 9.10. The van der Waals surface area contributed by atoms with Gasteiger partial charge in [-0.1, -0.05) is 40.2 Å². The van der Waals surface area contributed by atoms with E-state index in [0.29, 0.717) is 30.2 Å². The fourth-order valence-corrected chi connectivity index (χ4v) is 8.16. The number of rotatable bonds is 14. The summed E-state index contributed by atoms with van der Waals surface area (Å²) in [4.78, 5) is 25.5. The van der Waals surface area contributed by atoms with Gasteiger partial charge in [0.2, 0.25) is 21.7 Å². The first-order valence-corrected chi connectivity index (χ1v) is 19.3. The van der Waals surface area contributed by atoms with Gasteiger partial charge in [0, 0.05) is 11.0 Å². The van der Waals surface area contributed by atoms with Crippen LogP contribution in [-0.4, -0.2) is 42.4 Å². The monoisotopic (exact) mass is 836 g/mol. The molecule has 16 heteroatoms. The number of carbonyl (C=O) groups is 2. The van der Waals surface area contributed by atoms with E-state index in [2.05, 4.69) is 22.0 Å². The van der Waals surface area contributed by atoms with E-state index in [-0.39, 0.29) is 44.0 Å². The number of aromatic carboxylic acids is 1. The Morgan fingerprint density at radius 1 is 0.759 bits per heavy atom. The fraction of sp³-hybridized carbons (Fsp3) is 0.316. The number of nitrogens with zero attached hydrogens (tertiary/aromatic N) is 2. The molecule has 3 aliphatic carbocycles. The van der Waals surface area contributed by atoms with Gasteiger partial charge in [0.1, 0.15) is 11.6 Å². The molecule has 0 spiro atoms. The molecule has 0 radical (unpaired) electrons. The highest BCUT2D eigenvalue weighted by Crippen LogP contribution is 2.46. The van der Waals surface area contributed by atoms with E-state index in [1.54, 1.807) is 0 Å². The van der Waals surface area contributed by atoms with Crippen LogP contribution in [0.1, 0.15) is 83.0 Å². The number of amides is 1. The first-order valence-electron chi connectivity index (χ1n) is 17.1. The Bertz CT molecular complexity index is 2240. The van der Waals surface area contributed by atoms with Crippen LogP contribution in [0, 0.1) is 34.9 Å². The highest BCUT2D eigenvalue weighted by atomic mass is 79.9. The molecule has 0 unspecified atom stereocenters. The van der Waals surface area contributed by atoms with Crippen molar-refractivity contribution in [3.63, 3.8) is 0 Å². The molecule has 0 bridgehead atoms. The van der Waals surface area contributed by atoms with E-state index >= 15 is 8.78 Å². The Balaban J connectivity index is 1.35. The van der Waals surface area contributed by atoms with Crippen LogP contribution in [0.3, 0.4) is 0 Å². The van der Waals surface area contributed by atoms with Crippen molar-refractivity contribution in [3.8, 4) is 5.75 Å². The SMILES string of the molecule is O=C(O)c1ccc(N(Cc2cc(C3CC3)cc(C3CC3)c2)C(=O)CN(Cc2ccc(F)cc2Br)S(=O)(=O)c2c(F)c(F)c(F)c(F)c2F)c(OC2CC2)c1. The summed E-state index contributed by atoms with van der Waals surface area (Å²) in [5.74, 6) is -15.2. The van der Waals surface area contributed by atoms with E-state index in [4.69, 9.17) is 4.74 Å². The molecule has 0 aromatic heterocycles. The number of carboxylic acids is 1. The van der Waals surface area contributed by atoms with Crippen LogP contribution in [0.15, 0.2) is 64.0 Å². The molecule has 4 aromatic carbocycles. The number of ether oxygens (including phenoxy) is 1. The minimum absolute atomic E-state index is 0.00182. The third kappa shape index (κ3) is 7.87. The van der Waals surface area contributed by atoms with E-state index in [1.165, 1.54) is 18.2 Å². The average molecular weight is 838 g/mol. The largest absolute Gasteiger partial charge is 0.488 e. The topological polar surface area (TPSA) is 104 Å². The van der Waals surface area contributed by atoms with Crippen molar-refractivity contribution in [2.24, 2.45) is 0 Å². The van der Waals surface area contributed by atoms with Gasteiger partial charge < -0.3 is 14.7 Å². The lowest BCUT2D eigenvalue weighted by molar-refractivity contribution is -0.119. The second-order valence-electron chi connectivity index (χ2n) is 13.7. The third-order valence-electron chi connectivity index (χ3n) is 9.53. The van der Waals surface area contributed by atoms with E-state index in [0.717, 1.165) is 59.9 Å². The zero-order chi connectivity index (χ0) is 38.6. The molecule has 3 fully saturated rings. The van der Waals surface area contributed by atoms with Gasteiger partial charge in [-0.15, -0.1) is 0 Å². The summed E-state index contributed by atoms with van der Waals surface area (Å²) in [6, 6.07) is 12.8. The molecule has 4 aromatic rings. The summed E-state index contributed by atoms with van der Waals surface area (Å²) < 4.78 is 121. The molecule has 284 valence electrons. The number of benzene rings is 4. The zero-order valence-corrected chi connectivity index (χ0v) is 30.6. The lowest BCUT2D eigenvalue weighted by Gasteiger charge is -2.29. The molecule has 0 heterocycles. The molecule has 7 rings (SSSR count). The van der Waals surface area contributed by atoms with Gasteiger partial charge in [0.15, 0.2) is 28.2 Å². The maximum atomic E-state index is 15.1. The molecule has 3 saturated carbocycles. The van der Waals surface area contributed by atoms with E-state index < -0.39 is 74.8 Å². The van der Waals surface area contributed by atoms with Gasteiger partial charge in [0.05, 0.1) is 30.4 Å². The number of sulfonamides is 1. The third-order valence-corrected chi connectivity index (χ3v) is 12.1. The van der Waals surface area contributed by atoms with Crippen LogP contribution >= 0.6 is 15.9 Å². The van der Waals surface area contributed by atoms with Crippen molar-refractivity contribution in [3.05, 3.63) is 122 Å². The Kier molecular flexibility index (Phi) is 10.3. The number of anilines is 1. The molecule has 1 N–H and O–H groups in total. The summed E-state index contributed by atoms with van der Waals surface area (Å²) in [5, 5.41) is 9.73. The Morgan fingerprint density at radius 3 is 1.89 bits per heavy atom. The lowest BCUT2D eigenvalue weighted by atomic mass is 9.99. The van der Waals surface area contributed by atoms with Gasteiger partial charge in [0.25, 0.3) is 0 Å². The van der Waals surface area contributed by atoms with Crippen LogP contribution < -0.4 is 9.64 Å². The van der Waals surface area contributed by atoms with E-state index in [9.17, 15) is 40.7 Å². The predicted molar refractivity (Wildman–Crippen MR) is 187 cm³/mol. The minimum Gasteiger partial charge on any atom is -0.488 e. The zero-order valence-electron chi connectivity index (χ0n) is 28.2. The van der Waals surface area contributed by atoms with Crippen LogP contribution in [0.2, 0.25) is 0 Å². The standard InChI is InChI=1S/C38H31BrF6N2O6S/c39-28-15-26(40)7-5-23(28)17-46(54(51,52)37-35(44)33(42)32(41)34(43)36(37)45)18-31(48)47(29-10-6-22(38(49)50)14-30(29)53-27-8-9-27)16-19-11-24(20-1-2-20)13-25(12-19)21-3-4-21/h5-7,10-15,20-21,27H,1-4,8-9,16-18H2,(H,49,50). The molecule has 0 aliphatic heterocycles. The summed E-state index contributed by atoms with van der Waals surface area (Å²) in [7, 11) is -5.72. The molecule has 3 aliphatic rings. The summed E-state index contributed by atoms with van der Waals surface area (Å²) >= 11 is 3.10. The predicted octanol–water partition coefficient (Wildman–Crippen LogP) is 8.70. The summed E-state index contributed by atoms with van der Waals surface area (Å²) in [6.07, 6.45) is 4.95. The number of carboxylic acid groups (broad SMARTS) is 1. The minimum atomic E-state index is -5.72. The Hall–Kier alpha value is -4.41. The first-order chi connectivity index (χ1) is 25.6. The maximum absolute atomic E-state index is 15.1. The van der Waals surface area contributed by atoms with E-state index in [1.807, 2.05) is 12.1 Å². The van der Waals surface area contributed by atoms with Crippen LogP contribution in [0.4, 0.5) is 32.0 Å². The van der Waals surface area contributed by atoms with Crippen LogP contribution in [-0.2, 0) is 27.9 Å². The van der Waals surface area contributed by atoms with Gasteiger partial charge >= 0.3 is 5.97 Å². The number of hydrogen-bond acceptors (Lipinski definition) is 5. The average Bonchev–Trinajstić information content (AvgIpc) is 3.96. The Morgan fingerprint density at radius 2 is 1.35 bits per heavy atom. The molecule has 8 nitrogen and oxygen atoms in total. The van der Waals surface area contributed by atoms with Crippen molar-refractivity contribution in [1.82, 2.24) is 4.31 Å². The summed E-state index contributed by atoms with van der Waals surface area (Å²) in [5.41, 5.74) is 2.66. The number of hydrogen-bond donors (Lipinski definition) is 1. The van der Waals surface area contributed by atoms with Crippen LogP contribution in [0.25, 0.3) is 0 Å². The second kappa shape index (κ2) is 14.7. The Labute approximate surface area is 314 Å². The fourth-order valence-electron chi connectivity index (χ4n) is 6.20. The molecular weight excluding hydrogens is 806 g/mol. The molecule has 1 amide bonds. The maximum Gasteiger partial charge on any atom is 0.335 e. The number of halogens is 7. The van der Waals surface area contributed by atoms with Crippen molar-refractivity contribution < 1.29 is 54.2 Å². The molecule has 0 atom stereocenters. The van der Waals surface area contributed by atoms with Crippen LogP contribution in [0.5, 0.6) is 5.75 Å². The van der Waals surface area contributed by atoms with Gasteiger partial charge in [-0.3, -0.25) is 4.79 Å². The van der Waals surface area contributed by atoms with Gasteiger partial charge in [-0.2, -0.15) is 4.31 Å². The van der Waals surface area contributed by atoms with Crippen molar-refractivity contribution in [2.45, 2.75) is 74.4 Å². The normalized spacial score (nSPS) is 15.8. The molecular formula is C38H31BrF6N2O6S. The van der Waals surface area contributed by atoms with Crippen molar-refractivity contribution in [2.75, 3.05) is 11.4 Å². The second-order valence-corrected chi connectivity index (χ2v) is 16.5. The van der Waals surface area contributed by atoms with Crippen molar-refractivity contribution in [1.29, 1.82) is 0 Å². The number of carbonyl (C=O) groups excluding carboxylic acids is 1. The summed E-state index contributed by atoms with van der Waals surface area (Å²) in [6.45, 7) is -2.29. The first kappa shape index (κ1) is 37.9. The quantitative estimate of drug-likeness (QED) is 0.0775. The smallest absolute Gasteiger partial charge is 0.335 e. The van der Waals surface area contributed by atoms with Gasteiger partial charge in [-0.25, -0.2) is 39.6 Å². The highest BCUT2D eigenvalue weighted by Gasteiger charge is 2.40. The molecule has 54 heavy (non-hydrogen) atoms.